The standard InChI is InChI=1S/C11H13BrN4O2/c12-9-2-1-8(17-9)11-15-14-10(18-11)6-16-4-3-7(13)5-16/h1-2,7H,3-6,13H2/t7-/m0/s1. The number of aromatic nitrogens is 2. The number of halogens is 1. The van der Waals surface area contributed by atoms with Crippen LogP contribution in [-0.4, -0.2) is 34.2 Å². The van der Waals surface area contributed by atoms with Crippen LogP contribution in [0.5, 0.6) is 0 Å². The molecule has 0 aliphatic carbocycles. The summed E-state index contributed by atoms with van der Waals surface area (Å²) in [7, 11) is 0. The minimum absolute atomic E-state index is 0.258. The van der Waals surface area contributed by atoms with Gasteiger partial charge in [-0.15, -0.1) is 10.2 Å². The lowest BCUT2D eigenvalue weighted by Gasteiger charge is -2.11. The fraction of sp³-hybridized carbons (Fsp3) is 0.455. The van der Waals surface area contributed by atoms with Crippen molar-refractivity contribution in [1.82, 2.24) is 15.1 Å². The first-order valence-corrected chi connectivity index (χ1v) is 6.56. The number of hydrogen-bond acceptors (Lipinski definition) is 6. The monoisotopic (exact) mass is 312 g/mol. The highest BCUT2D eigenvalue weighted by molar-refractivity contribution is 9.10. The molecule has 18 heavy (non-hydrogen) atoms. The Balaban J connectivity index is 1.70. The minimum atomic E-state index is 0.258. The molecule has 2 N–H and O–H groups in total. The number of furan rings is 1. The fourth-order valence-electron chi connectivity index (χ4n) is 2.04. The van der Waals surface area contributed by atoms with Crippen LogP contribution < -0.4 is 5.73 Å². The van der Waals surface area contributed by atoms with Crippen LogP contribution >= 0.6 is 15.9 Å². The topological polar surface area (TPSA) is 81.3 Å². The van der Waals surface area contributed by atoms with Crippen LogP contribution in [0, 0.1) is 0 Å². The van der Waals surface area contributed by atoms with E-state index in [4.69, 9.17) is 14.6 Å². The number of rotatable bonds is 3. The molecule has 0 radical (unpaired) electrons. The Hall–Kier alpha value is -1.18. The third kappa shape index (κ3) is 2.47. The first-order chi connectivity index (χ1) is 8.70. The van der Waals surface area contributed by atoms with Gasteiger partial charge in [0.1, 0.15) is 0 Å². The molecule has 96 valence electrons. The third-order valence-corrected chi connectivity index (χ3v) is 3.34. The molecule has 0 amide bonds. The van der Waals surface area contributed by atoms with E-state index in [9.17, 15) is 0 Å². The molecule has 2 aromatic heterocycles. The Kier molecular flexibility index (Phi) is 3.19. The minimum Gasteiger partial charge on any atom is -0.444 e. The molecule has 7 heteroatoms. The van der Waals surface area contributed by atoms with Gasteiger partial charge in [0.25, 0.3) is 5.89 Å². The molecular weight excluding hydrogens is 300 g/mol. The second-order valence-electron chi connectivity index (χ2n) is 4.39. The maximum atomic E-state index is 5.85. The number of nitrogens with two attached hydrogens (primary N) is 1. The summed E-state index contributed by atoms with van der Waals surface area (Å²) in [4.78, 5) is 2.21. The van der Waals surface area contributed by atoms with Crippen molar-refractivity contribution in [3.63, 3.8) is 0 Å². The lowest BCUT2D eigenvalue weighted by atomic mass is 10.3. The summed E-state index contributed by atoms with van der Waals surface area (Å²) in [5.74, 6) is 1.56. The predicted octanol–water partition coefficient (Wildman–Crippen LogP) is 1.63. The SMILES string of the molecule is N[C@H]1CCN(Cc2nnc(-c3ccc(Br)o3)o2)C1. The maximum Gasteiger partial charge on any atom is 0.283 e. The summed E-state index contributed by atoms with van der Waals surface area (Å²) < 4.78 is 11.6. The van der Waals surface area contributed by atoms with Gasteiger partial charge in [-0.2, -0.15) is 0 Å². The molecule has 3 rings (SSSR count). The van der Waals surface area contributed by atoms with Crippen LogP contribution in [0.3, 0.4) is 0 Å². The Bertz CT molecular complexity index is 539. The van der Waals surface area contributed by atoms with Gasteiger partial charge in [-0.1, -0.05) is 0 Å². The van der Waals surface area contributed by atoms with Crippen molar-refractivity contribution in [1.29, 1.82) is 0 Å². The Labute approximate surface area is 112 Å². The molecule has 6 nitrogen and oxygen atoms in total. The van der Waals surface area contributed by atoms with Crippen molar-refractivity contribution in [2.24, 2.45) is 5.73 Å². The molecule has 3 heterocycles. The first kappa shape index (κ1) is 11.9. The van der Waals surface area contributed by atoms with E-state index in [2.05, 4.69) is 31.0 Å². The van der Waals surface area contributed by atoms with E-state index >= 15 is 0 Å². The van der Waals surface area contributed by atoms with Crippen LogP contribution in [0.1, 0.15) is 12.3 Å². The van der Waals surface area contributed by atoms with Gasteiger partial charge in [0.05, 0.1) is 6.54 Å². The van der Waals surface area contributed by atoms with Crippen molar-refractivity contribution in [2.75, 3.05) is 13.1 Å². The van der Waals surface area contributed by atoms with Crippen molar-refractivity contribution < 1.29 is 8.83 Å². The second-order valence-corrected chi connectivity index (χ2v) is 5.17. The van der Waals surface area contributed by atoms with Gasteiger partial charge in [-0.05, 0) is 34.5 Å². The zero-order valence-corrected chi connectivity index (χ0v) is 11.3. The number of likely N-dealkylation sites (tertiary alicyclic amines) is 1. The zero-order valence-electron chi connectivity index (χ0n) is 9.67. The van der Waals surface area contributed by atoms with E-state index in [1.807, 2.05) is 0 Å². The van der Waals surface area contributed by atoms with Crippen molar-refractivity contribution in [2.45, 2.75) is 19.0 Å². The van der Waals surface area contributed by atoms with Gasteiger partial charge in [0, 0.05) is 19.1 Å². The molecule has 2 aromatic rings. The van der Waals surface area contributed by atoms with Gasteiger partial charge >= 0.3 is 0 Å². The lowest BCUT2D eigenvalue weighted by Crippen LogP contribution is -2.26. The van der Waals surface area contributed by atoms with Crippen LogP contribution in [0.25, 0.3) is 11.7 Å². The third-order valence-electron chi connectivity index (χ3n) is 2.92. The molecule has 1 fully saturated rings. The number of nitrogens with zero attached hydrogens (tertiary/aromatic N) is 3. The molecular formula is C11H13BrN4O2. The van der Waals surface area contributed by atoms with E-state index in [1.165, 1.54) is 0 Å². The zero-order chi connectivity index (χ0) is 12.5. The highest BCUT2D eigenvalue weighted by Crippen LogP contribution is 2.24. The molecule has 0 aromatic carbocycles. The van der Waals surface area contributed by atoms with E-state index in [1.54, 1.807) is 12.1 Å². The van der Waals surface area contributed by atoms with Crippen molar-refractivity contribution in [3.8, 4) is 11.7 Å². The first-order valence-electron chi connectivity index (χ1n) is 5.77. The van der Waals surface area contributed by atoms with Gasteiger partial charge in [0.2, 0.25) is 5.89 Å². The summed E-state index contributed by atoms with van der Waals surface area (Å²) in [6, 6.07) is 3.83. The van der Waals surface area contributed by atoms with Crippen molar-refractivity contribution >= 4 is 15.9 Å². The summed E-state index contributed by atoms with van der Waals surface area (Å²) in [5, 5.41) is 7.99. The summed E-state index contributed by atoms with van der Waals surface area (Å²) in [5.41, 5.74) is 5.85. The maximum absolute atomic E-state index is 5.85. The van der Waals surface area contributed by atoms with E-state index in [0.29, 0.717) is 28.8 Å². The Morgan fingerprint density at radius 1 is 1.39 bits per heavy atom. The van der Waals surface area contributed by atoms with Crippen LogP contribution in [-0.2, 0) is 6.54 Å². The Morgan fingerprint density at radius 3 is 2.94 bits per heavy atom. The summed E-state index contributed by atoms with van der Waals surface area (Å²) in [6.07, 6.45) is 1.02. The average Bonchev–Trinajstić information content (AvgIpc) is 3.01. The molecule has 1 aliphatic rings. The van der Waals surface area contributed by atoms with Crippen LogP contribution in [0.2, 0.25) is 0 Å². The van der Waals surface area contributed by atoms with E-state index < -0.39 is 0 Å². The van der Waals surface area contributed by atoms with Gasteiger partial charge in [-0.25, -0.2) is 0 Å². The summed E-state index contributed by atoms with van der Waals surface area (Å²) in [6.45, 7) is 2.50. The Morgan fingerprint density at radius 2 is 2.28 bits per heavy atom. The second kappa shape index (κ2) is 4.83. The molecule has 0 spiro atoms. The largest absolute Gasteiger partial charge is 0.444 e. The predicted molar refractivity (Wildman–Crippen MR) is 67.6 cm³/mol. The van der Waals surface area contributed by atoms with Gasteiger partial charge in [-0.3, -0.25) is 4.90 Å². The van der Waals surface area contributed by atoms with E-state index in [0.717, 1.165) is 19.5 Å². The number of hydrogen-bond donors (Lipinski definition) is 1. The molecule has 1 atom stereocenters. The fourth-order valence-corrected chi connectivity index (χ4v) is 2.35. The molecule has 1 aliphatic heterocycles. The molecule has 1 saturated heterocycles. The summed E-state index contributed by atoms with van der Waals surface area (Å²) >= 11 is 3.24. The smallest absolute Gasteiger partial charge is 0.283 e. The highest BCUT2D eigenvalue weighted by Gasteiger charge is 2.21. The highest BCUT2D eigenvalue weighted by atomic mass is 79.9. The molecule has 0 saturated carbocycles. The molecule has 0 unspecified atom stereocenters. The van der Waals surface area contributed by atoms with Gasteiger partial charge < -0.3 is 14.6 Å². The van der Waals surface area contributed by atoms with Crippen molar-refractivity contribution in [3.05, 3.63) is 22.7 Å². The lowest BCUT2D eigenvalue weighted by molar-refractivity contribution is 0.288. The average molecular weight is 313 g/mol. The molecule has 0 bridgehead atoms. The van der Waals surface area contributed by atoms with Crippen LogP contribution in [0.4, 0.5) is 0 Å². The quantitative estimate of drug-likeness (QED) is 0.927. The van der Waals surface area contributed by atoms with E-state index in [-0.39, 0.29) is 6.04 Å². The van der Waals surface area contributed by atoms with Gasteiger partial charge in [0.15, 0.2) is 10.4 Å². The van der Waals surface area contributed by atoms with Crippen LogP contribution in [0.15, 0.2) is 25.6 Å². The normalized spacial score (nSPS) is 20.7.